The molecule has 1 N–H and O–H groups in total. The Bertz CT molecular complexity index is 1560. The molecule has 0 unspecified atom stereocenters. The van der Waals surface area contributed by atoms with Crippen molar-refractivity contribution in [3.8, 4) is 34.0 Å². The molecular weight excluding hydrogens is 530 g/mol. The van der Waals surface area contributed by atoms with Crippen LogP contribution in [0.5, 0.6) is 11.5 Å². The SMILES string of the molecule is COc1ccc(-c2nnc(S[C@@H]3CC(=O)N(c4ccc(NC(C)=O)cc4)C3=O)nc2-c2ccc(OC)cc2)cc1. The van der Waals surface area contributed by atoms with Crippen molar-refractivity contribution in [1.82, 2.24) is 15.2 Å². The van der Waals surface area contributed by atoms with Crippen LogP contribution in [0.25, 0.3) is 22.5 Å². The van der Waals surface area contributed by atoms with E-state index < -0.39 is 5.25 Å². The largest absolute Gasteiger partial charge is 0.497 e. The fraction of sp³-hybridized carbons (Fsp3) is 0.172. The van der Waals surface area contributed by atoms with Crippen LogP contribution in [0, 0.1) is 0 Å². The summed E-state index contributed by atoms with van der Waals surface area (Å²) in [5, 5.41) is 11.0. The molecule has 11 heteroatoms. The lowest BCUT2D eigenvalue weighted by molar-refractivity contribution is -0.121. The van der Waals surface area contributed by atoms with Crippen molar-refractivity contribution in [3.05, 3.63) is 72.8 Å². The molecule has 2 heterocycles. The average Bonchev–Trinajstić information content (AvgIpc) is 3.25. The number of carbonyl (C=O) groups excluding carboxylic acids is 3. The number of aromatic nitrogens is 3. The number of rotatable bonds is 8. The molecule has 1 saturated heterocycles. The van der Waals surface area contributed by atoms with Gasteiger partial charge in [0, 0.05) is 30.2 Å². The monoisotopic (exact) mass is 555 g/mol. The maximum atomic E-state index is 13.3. The van der Waals surface area contributed by atoms with Crippen molar-refractivity contribution in [2.24, 2.45) is 0 Å². The molecule has 3 amide bonds. The lowest BCUT2D eigenvalue weighted by Gasteiger charge is -2.15. The second kappa shape index (κ2) is 11.5. The van der Waals surface area contributed by atoms with Crippen molar-refractivity contribution in [3.63, 3.8) is 0 Å². The molecular formula is C29H25N5O5S. The van der Waals surface area contributed by atoms with E-state index in [0.717, 1.165) is 27.8 Å². The summed E-state index contributed by atoms with van der Waals surface area (Å²) in [6, 6.07) is 21.4. The van der Waals surface area contributed by atoms with Gasteiger partial charge in [-0.2, -0.15) is 0 Å². The maximum Gasteiger partial charge on any atom is 0.247 e. The summed E-state index contributed by atoms with van der Waals surface area (Å²) in [6.07, 6.45) is -0.00158. The first-order valence-corrected chi connectivity index (χ1v) is 13.2. The van der Waals surface area contributed by atoms with Crippen LogP contribution in [0.1, 0.15) is 13.3 Å². The Labute approximate surface area is 234 Å². The molecule has 10 nitrogen and oxygen atoms in total. The third kappa shape index (κ3) is 5.64. The summed E-state index contributed by atoms with van der Waals surface area (Å²) in [6.45, 7) is 1.41. The van der Waals surface area contributed by atoms with Crippen molar-refractivity contribution >= 4 is 40.9 Å². The first-order valence-electron chi connectivity index (χ1n) is 12.3. The average molecular weight is 556 g/mol. The molecule has 0 aliphatic carbocycles. The van der Waals surface area contributed by atoms with E-state index in [0.29, 0.717) is 34.3 Å². The summed E-state index contributed by atoms with van der Waals surface area (Å²) in [5.74, 6) is 0.510. The zero-order valence-corrected chi connectivity index (χ0v) is 22.8. The lowest BCUT2D eigenvalue weighted by Crippen LogP contribution is -2.31. The number of benzene rings is 3. The number of methoxy groups -OCH3 is 2. The fourth-order valence-electron chi connectivity index (χ4n) is 4.25. The quantitative estimate of drug-likeness (QED) is 0.311. The Kier molecular flexibility index (Phi) is 7.74. The number of imide groups is 1. The molecule has 4 aromatic rings. The van der Waals surface area contributed by atoms with Crippen molar-refractivity contribution < 1.29 is 23.9 Å². The predicted octanol–water partition coefficient (Wildman–Crippen LogP) is 4.61. The van der Waals surface area contributed by atoms with Gasteiger partial charge in [-0.05, 0) is 72.8 Å². The molecule has 0 radical (unpaired) electrons. The van der Waals surface area contributed by atoms with Gasteiger partial charge < -0.3 is 14.8 Å². The number of nitrogens with one attached hydrogen (secondary N) is 1. The van der Waals surface area contributed by atoms with Gasteiger partial charge in [-0.3, -0.25) is 14.4 Å². The molecule has 1 aliphatic rings. The van der Waals surface area contributed by atoms with Crippen LogP contribution in [-0.2, 0) is 14.4 Å². The highest BCUT2D eigenvalue weighted by Gasteiger charge is 2.41. The van der Waals surface area contributed by atoms with E-state index in [1.807, 2.05) is 48.5 Å². The van der Waals surface area contributed by atoms with Gasteiger partial charge in [0.1, 0.15) is 28.1 Å². The molecule has 0 spiro atoms. The van der Waals surface area contributed by atoms with E-state index >= 15 is 0 Å². The molecule has 5 rings (SSSR count). The third-order valence-electron chi connectivity index (χ3n) is 6.19. The van der Waals surface area contributed by atoms with E-state index in [2.05, 4.69) is 15.5 Å². The van der Waals surface area contributed by atoms with Gasteiger partial charge >= 0.3 is 0 Å². The number of nitrogens with zero attached hydrogens (tertiary/aromatic N) is 4. The standard InChI is InChI=1S/C29H25N5O5S/c1-17(35)30-20-8-10-21(11-9-20)34-25(36)16-24(28(34)37)40-29-31-26(18-4-12-22(38-2)13-5-18)27(32-33-29)19-6-14-23(39-3)15-7-19/h4-15,24H,16H2,1-3H3,(H,30,35)/t24-/m1/s1. The van der Waals surface area contributed by atoms with E-state index in [1.54, 1.807) is 38.5 Å². The molecule has 1 atom stereocenters. The molecule has 3 aromatic carbocycles. The van der Waals surface area contributed by atoms with Crippen molar-refractivity contribution in [2.75, 3.05) is 24.4 Å². The molecule has 0 saturated carbocycles. The summed E-state index contributed by atoms with van der Waals surface area (Å²) < 4.78 is 10.6. The fourth-order valence-corrected chi connectivity index (χ4v) is 5.16. The van der Waals surface area contributed by atoms with E-state index in [9.17, 15) is 14.4 Å². The van der Waals surface area contributed by atoms with E-state index in [1.165, 1.54) is 6.92 Å². The van der Waals surface area contributed by atoms with Crippen LogP contribution in [-0.4, -0.2) is 52.4 Å². The minimum absolute atomic E-state index is 0.00158. The summed E-state index contributed by atoms with van der Waals surface area (Å²) in [5.41, 5.74) is 3.73. The van der Waals surface area contributed by atoms with Gasteiger partial charge in [-0.1, -0.05) is 11.8 Å². The minimum atomic E-state index is -0.708. The topological polar surface area (TPSA) is 124 Å². The van der Waals surface area contributed by atoms with Crippen LogP contribution in [0.4, 0.5) is 11.4 Å². The number of thioether (sulfide) groups is 1. The zero-order valence-electron chi connectivity index (χ0n) is 22.0. The molecule has 202 valence electrons. The number of anilines is 2. The Morgan fingerprint density at radius 2 is 1.43 bits per heavy atom. The lowest BCUT2D eigenvalue weighted by atomic mass is 10.0. The van der Waals surface area contributed by atoms with Gasteiger partial charge in [0.15, 0.2) is 0 Å². The van der Waals surface area contributed by atoms with Crippen LogP contribution in [0.15, 0.2) is 78.0 Å². The first kappa shape index (κ1) is 26.8. The Morgan fingerprint density at radius 3 is 1.98 bits per heavy atom. The van der Waals surface area contributed by atoms with Crippen LogP contribution >= 0.6 is 11.8 Å². The number of ether oxygens (including phenoxy) is 2. The first-order chi connectivity index (χ1) is 19.4. The van der Waals surface area contributed by atoms with E-state index in [-0.39, 0.29) is 29.3 Å². The highest BCUT2D eigenvalue weighted by atomic mass is 32.2. The number of hydrogen-bond acceptors (Lipinski definition) is 9. The summed E-state index contributed by atoms with van der Waals surface area (Å²) in [4.78, 5) is 43.3. The summed E-state index contributed by atoms with van der Waals surface area (Å²) >= 11 is 1.10. The number of carbonyl (C=O) groups is 3. The zero-order chi connectivity index (χ0) is 28.2. The van der Waals surface area contributed by atoms with Gasteiger partial charge in [0.05, 0.1) is 19.9 Å². The molecule has 40 heavy (non-hydrogen) atoms. The van der Waals surface area contributed by atoms with Gasteiger partial charge in [0.2, 0.25) is 22.9 Å². The number of amides is 3. The second-order valence-corrected chi connectivity index (χ2v) is 10.0. The molecule has 0 bridgehead atoms. The van der Waals surface area contributed by atoms with Crippen LogP contribution in [0.3, 0.4) is 0 Å². The predicted molar refractivity (Wildman–Crippen MR) is 151 cm³/mol. The van der Waals surface area contributed by atoms with Gasteiger partial charge in [-0.25, -0.2) is 9.88 Å². The van der Waals surface area contributed by atoms with Crippen LogP contribution in [0.2, 0.25) is 0 Å². The van der Waals surface area contributed by atoms with Crippen LogP contribution < -0.4 is 19.7 Å². The van der Waals surface area contributed by atoms with Crippen molar-refractivity contribution in [2.45, 2.75) is 23.8 Å². The normalized spacial score (nSPS) is 14.8. The second-order valence-electron chi connectivity index (χ2n) is 8.85. The van der Waals surface area contributed by atoms with Gasteiger partial charge in [-0.15, -0.1) is 10.2 Å². The molecule has 1 aromatic heterocycles. The number of hydrogen-bond donors (Lipinski definition) is 1. The van der Waals surface area contributed by atoms with Crippen molar-refractivity contribution in [1.29, 1.82) is 0 Å². The van der Waals surface area contributed by atoms with Gasteiger partial charge in [0.25, 0.3) is 0 Å². The Hall–Kier alpha value is -4.77. The van der Waals surface area contributed by atoms with E-state index in [4.69, 9.17) is 14.5 Å². The third-order valence-corrected chi connectivity index (χ3v) is 7.23. The Balaban J connectivity index is 1.43. The summed E-state index contributed by atoms with van der Waals surface area (Å²) in [7, 11) is 3.20. The highest BCUT2D eigenvalue weighted by molar-refractivity contribution is 8.00. The maximum absolute atomic E-state index is 13.3. The molecule has 1 fully saturated rings. The molecule has 1 aliphatic heterocycles. The smallest absolute Gasteiger partial charge is 0.247 e. The Morgan fingerprint density at radius 1 is 0.850 bits per heavy atom. The minimum Gasteiger partial charge on any atom is -0.497 e. The highest BCUT2D eigenvalue weighted by Crippen LogP contribution is 2.36.